The van der Waals surface area contributed by atoms with E-state index >= 15 is 0 Å². The van der Waals surface area contributed by atoms with Crippen molar-refractivity contribution >= 4 is 22.4 Å². The molecule has 3 N–H and O–H groups in total. The van der Waals surface area contributed by atoms with Gasteiger partial charge in [0.25, 0.3) is 5.91 Å². The Hall–Kier alpha value is -1.05. The molecule has 1 fully saturated rings. The van der Waals surface area contributed by atoms with E-state index in [-0.39, 0.29) is 12.0 Å². The fourth-order valence-corrected chi connectivity index (χ4v) is 2.20. The van der Waals surface area contributed by atoms with Crippen LogP contribution >= 0.6 is 11.3 Å². The topological polar surface area (TPSA) is 90.1 Å². The number of ether oxygens (including phenoxy) is 1. The predicted molar refractivity (Wildman–Crippen MR) is 60.2 cm³/mol. The van der Waals surface area contributed by atoms with Gasteiger partial charge in [0.05, 0.1) is 6.10 Å². The summed E-state index contributed by atoms with van der Waals surface area (Å²) in [6, 6.07) is 0. The second kappa shape index (κ2) is 4.86. The van der Waals surface area contributed by atoms with Crippen LogP contribution in [0.4, 0.5) is 5.13 Å². The van der Waals surface area contributed by atoms with Crippen LogP contribution in [0.3, 0.4) is 0 Å². The summed E-state index contributed by atoms with van der Waals surface area (Å²) in [6.07, 6.45) is 1.15. The summed E-state index contributed by atoms with van der Waals surface area (Å²) in [7, 11) is 0. The quantitative estimate of drug-likeness (QED) is 0.795. The molecule has 7 heteroatoms. The summed E-state index contributed by atoms with van der Waals surface area (Å²) in [5, 5.41) is 11.7. The van der Waals surface area contributed by atoms with Crippen LogP contribution in [-0.2, 0) is 9.53 Å². The molecule has 0 saturated carbocycles. The minimum absolute atomic E-state index is 0.00639. The zero-order valence-corrected chi connectivity index (χ0v) is 9.79. The average Bonchev–Trinajstić information content (AvgIpc) is 2.87. The van der Waals surface area contributed by atoms with Gasteiger partial charge in [0.1, 0.15) is 11.1 Å². The maximum atomic E-state index is 11.7. The third-order valence-corrected chi connectivity index (χ3v) is 3.17. The van der Waals surface area contributed by atoms with Crippen LogP contribution in [0, 0.1) is 6.92 Å². The van der Waals surface area contributed by atoms with Gasteiger partial charge in [0.2, 0.25) is 5.13 Å². The van der Waals surface area contributed by atoms with Gasteiger partial charge in [0, 0.05) is 6.54 Å². The van der Waals surface area contributed by atoms with E-state index in [1.807, 2.05) is 6.92 Å². The van der Waals surface area contributed by atoms with Crippen molar-refractivity contribution in [3.05, 3.63) is 5.01 Å². The van der Waals surface area contributed by atoms with Crippen LogP contribution in [0.1, 0.15) is 17.8 Å². The van der Waals surface area contributed by atoms with Gasteiger partial charge in [-0.25, -0.2) is 0 Å². The number of anilines is 1. The standard InChI is InChI=1S/C9H14N4O2S/c1-5-12-13-9(16-5)11-8(14)7-3-2-6(4-10)15-7/h6-7H,2-4,10H2,1H3,(H,11,13,14). The van der Waals surface area contributed by atoms with Crippen molar-refractivity contribution in [2.45, 2.75) is 32.0 Å². The number of nitrogens with one attached hydrogen (secondary N) is 1. The monoisotopic (exact) mass is 242 g/mol. The van der Waals surface area contributed by atoms with Gasteiger partial charge in [-0.05, 0) is 19.8 Å². The third kappa shape index (κ3) is 2.55. The zero-order chi connectivity index (χ0) is 11.5. The highest BCUT2D eigenvalue weighted by Crippen LogP contribution is 2.21. The molecule has 0 bridgehead atoms. The first-order valence-corrected chi connectivity index (χ1v) is 5.97. The lowest BCUT2D eigenvalue weighted by molar-refractivity contribution is -0.126. The first-order valence-electron chi connectivity index (χ1n) is 5.15. The molecule has 1 saturated heterocycles. The Bertz CT molecular complexity index is 381. The molecule has 2 heterocycles. The van der Waals surface area contributed by atoms with Crippen molar-refractivity contribution in [1.29, 1.82) is 0 Å². The number of amides is 1. The van der Waals surface area contributed by atoms with Crippen molar-refractivity contribution in [2.75, 3.05) is 11.9 Å². The van der Waals surface area contributed by atoms with E-state index in [1.165, 1.54) is 11.3 Å². The van der Waals surface area contributed by atoms with Crippen molar-refractivity contribution in [3.8, 4) is 0 Å². The van der Waals surface area contributed by atoms with Gasteiger partial charge >= 0.3 is 0 Å². The Morgan fingerprint density at radius 1 is 1.62 bits per heavy atom. The molecule has 1 aliphatic heterocycles. The largest absolute Gasteiger partial charge is 0.364 e. The van der Waals surface area contributed by atoms with E-state index in [2.05, 4.69) is 15.5 Å². The fraction of sp³-hybridized carbons (Fsp3) is 0.667. The van der Waals surface area contributed by atoms with Crippen molar-refractivity contribution in [3.63, 3.8) is 0 Å². The minimum atomic E-state index is -0.405. The number of carbonyl (C=O) groups excluding carboxylic acids is 1. The van der Waals surface area contributed by atoms with E-state index in [1.54, 1.807) is 0 Å². The molecule has 0 aliphatic carbocycles. The maximum absolute atomic E-state index is 11.7. The number of aryl methyl sites for hydroxylation is 1. The Morgan fingerprint density at radius 3 is 3.00 bits per heavy atom. The number of carbonyl (C=O) groups is 1. The number of hydrogen-bond donors (Lipinski definition) is 2. The number of aromatic nitrogens is 2. The van der Waals surface area contributed by atoms with Crippen LogP contribution in [0.15, 0.2) is 0 Å². The van der Waals surface area contributed by atoms with Crippen LogP contribution in [0.5, 0.6) is 0 Å². The number of nitrogens with zero attached hydrogens (tertiary/aromatic N) is 2. The molecule has 0 radical (unpaired) electrons. The molecular formula is C9H14N4O2S. The van der Waals surface area contributed by atoms with Crippen molar-refractivity contribution in [2.24, 2.45) is 5.73 Å². The summed E-state index contributed by atoms with van der Waals surface area (Å²) >= 11 is 1.35. The highest BCUT2D eigenvalue weighted by Gasteiger charge is 2.30. The van der Waals surface area contributed by atoms with Gasteiger partial charge in [-0.15, -0.1) is 10.2 Å². The van der Waals surface area contributed by atoms with E-state index in [0.717, 1.165) is 11.4 Å². The summed E-state index contributed by atoms with van der Waals surface area (Å²) in [4.78, 5) is 11.7. The average molecular weight is 242 g/mol. The Kier molecular flexibility index (Phi) is 3.47. The van der Waals surface area contributed by atoms with E-state index in [9.17, 15) is 4.79 Å². The summed E-state index contributed by atoms with van der Waals surface area (Å²) in [5.74, 6) is -0.160. The van der Waals surface area contributed by atoms with Gasteiger partial charge in [-0.3, -0.25) is 10.1 Å². The lowest BCUT2D eigenvalue weighted by Gasteiger charge is -2.10. The first-order chi connectivity index (χ1) is 7.69. The van der Waals surface area contributed by atoms with Gasteiger partial charge in [0.15, 0.2) is 0 Å². The number of hydrogen-bond acceptors (Lipinski definition) is 6. The molecule has 1 aromatic rings. The second-order valence-electron chi connectivity index (χ2n) is 3.68. The fourth-order valence-electron chi connectivity index (χ4n) is 1.60. The van der Waals surface area contributed by atoms with Crippen LogP contribution in [-0.4, -0.2) is 34.9 Å². The number of nitrogens with two attached hydrogens (primary N) is 1. The van der Waals surface area contributed by atoms with Crippen molar-refractivity contribution in [1.82, 2.24) is 10.2 Å². The van der Waals surface area contributed by atoms with E-state index in [4.69, 9.17) is 10.5 Å². The highest BCUT2D eigenvalue weighted by molar-refractivity contribution is 7.15. The van der Waals surface area contributed by atoms with E-state index < -0.39 is 6.10 Å². The second-order valence-corrected chi connectivity index (χ2v) is 4.86. The van der Waals surface area contributed by atoms with Crippen LogP contribution < -0.4 is 11.1 Å². The molecule has 0 spiro atoms. The van der Waals surface area contributed by atoms with Crippen molar-refractivity contribution < 1.29 is 9.53 Å². The molecule has 1 aromatic heterocycles. The molecule has 88 valence electrons. The van der Waals surface area contributed by atoms with Gasteiger partial charge in [-0.1, -0.05) is 11.3 Å². The molecule has 2 unspecified atom stereocenters. The molecule has 2 rings (SSSR count). The maximum Gasteiger partial charge on any atom is 0.255 e. The smallest absolute Gasteiger partial charge is 0.255 e. The summed E-state index contributed by atoms with van der Waals surface area (Å²) < 4.78 is 5.47. The van der Waals surface area contributed by atoms with Gasteiger partial charge in [-0.2, -0.15) is 0 Å². The van der Waals surface area contributed by atoms with E-state index in [0.29, 0.717) is 18.1 Å². The van der Waals surface area contributed by atoms with Crippen LogP contribution in [0.25, 0.3) is 0 Å². The number of rotatable bonds is 3. The van der Waals surface area contributed by atoms with Crippen LogP contribution in [0.2, 0.25) is 0 Å². The Morgan fingerprint density at radius 2 is 2.44 bits per heavy atom. The molecular weight excluding hydrogens is 228 g/mol. The molecule has 16 heavy (non-hydrogen) atoms. The summed E-state index contributed by atoms with van der Waals surface area (Å²) in [5.41, 5.74) is 5.48. The SMILES string of the molecule is Cc1nnc(NC(=O)C2CCC(CN)O2)s1. The zero-order valence-electron chi connectivity index (χ0n) is 8.97. The molecule has 0 aromatic carbocycles. The molecule has 1 aliphatic rings. The summed E-state index contributed by atoms with van der Waals surface area (Å²) in [6.45, 7) is 2.30. The Labute approximate surface area is 97.2 Å². The third-order valence-electron chi connectivity index (χ3n) is 2.42. The lowest BCUT2D eigenvalue weighted by Crippen LogP contribution is -2.29. The normalized spacial score (nSPS) is 24.6. The molecule has 6 nitrogen and oxygen atoms in total. The Balaban J connectivity index is 1.89. The molecule has 2 atom stereocenters. The predicted octanol–water partition coefficient (Wildman–Crippen LogP) is 0.291. The first kappa shape index (κ1) is 11.4. The van der Waals surface area contributed by atoms with Gasteiger partial charge < -0.3 is 10.5 Å². The minimum Gasteiger partial charge on any atom is -0.364 e. The highest BCUT2D eigenvalue weighted by atomic mass is 32.1. The molecule has 1 amide bonds. The lowest BCUT2D eigenvalue weighted by atomic mass is 10.2.